The normalized spacial score (nSPS) is 11.4. The molecule has 1 rings (SSSR count). The van der Waals surface area contributed by atoms with E-state index >= 15 is 0 Å². The Morgan fingerprint density at radius 3 is 2.85 bits per heavy atom. The summed E-state index contributed by atoms with van der Waals surface area (Å²) in [4.78, 5) is 16.3. The second-order valence-electron chi connectivity index (χ2n) is 3.97. The Morgan fingerprint density at radius 2 is 2.35 bits per heavy atom. The monoisotopic (exact) mass is 283 g/mol. The lowest BCUT2D eigenvalue weighted by Gasteiger charge is -2.21. The van der Waals surface area contributed by atoms with Gasteiger partial charge in [0.15, 0.2) is 5.84 Å². The third-order valence-corrected chi connectivity index (χ3v) is 2.71. The number of nitrogens with zero attached hydrogens (tertiary/aromatic N) is 4. The van der Waals surface area contributed by atoms with E-state index in [1.165, 1.54) is 12.3 Å². The van der Waals surface area contributed by atoms with Gasteiger partial charge in [0.05, 0.1) is 4.92 Å². The van der Waals surface area contributed by atoms with E-state index in [2.05, 4.69) is 10.1 Å². The number of aliphatic hydroxyl groups is 1. The van der Waals surface area contributed by atoms with Crippen LogP contribution in [0.2, 0.25) is 0 Å². The van der Waals surface area contributed by atoms with Gasteiger partial charge >= 0.3 is 5.69 Å². The first kappa shape index (κ1) is 15.6. The summed E-state index contributed by atoms with van der Waals surface area (Å²) in [6, 6.07) is 1.21. The van der Waals surface area contributed by atoms with Gasteiger partial charge in [0.2, 0.25) is 5.82 Å². The Bertz CT molecular complexity index is 506. The van der Waals surface area contributed by atoms with Gasteiger partial charge in [-0.15, -0.1) is 0 Å². The molecule has 4 N–H and O–H groups in total. The zero-order valence-corrected chi connectivity index (χ0v) is 11.1. The summed E-state index contributed by atoms with van der Waals surface area (Å²) in [6.07, 6.45) is 1.79. The molecule has 0 aliphatic carbocycles. The van der Waals surface area contributed by atoms with Gasteiger partial charge < -0.3 is 20.9 Å². The number of aliphatic hydroxyl groups excluding tert-OH is 1. The molecule has 110 valence electrons. The highest BCUT2D eigenvalue weighted by molar-refractivity contribution is 5.97. The van der Waals surface area contributed by atoms with Crippen molar-refractivity contribution in [2.45, 2.75) is 13.3 Å². The molecular formula is C11H17N5O4. The lowest BCUT2D eigenvalue weighted by atomic mass is 10.2. The van der Waals surface area contributed by atoms with Crippen molar-refractivity contribution in [1.29, 1.82) is 0 Å². The fourth-order valence-corrected chi connectivity index (χ4v) is 1.70. The predicted octanol–water partition coefficient (Wildman–Crippen LogP) is 0.293. The third-order valence-electron chi connectivity index (χ3n) is 2.71. The van der Waals surface area contributed by atoms with Crippen LogP contribution in [0.3, 0.4) is 0 Å². The van der Waals surface area contributed by atoms with Gasteiger partial charge in [-0.25, -0.2) is 4.98 Å². The maximum Gasteiger partial charge on any atom is 0.312 e. The fraction of sp³-hybridized carbons (Fsp3) is 0.455. The topological polar surface area (TPSA) is 138 Å². The van der Waals surface area contributed by atoms with E-state index in [9.17, 15) is 10.1 Å². The molecule has 0 aliphatic heterocycles. The average Bonchev–Trinajstić information content (AvgIpc) is 2.47. The number of aromatic nitrogens is 1. The lowest BCUT2D eigenvalue weighted by Crippen LogP contribution is -2.27. The number of amidine groups is 1. The van der Waals surface area contributed by atoms with Crippen LogP contribution in [0.1, 0.15) is 18.9 Å². The Balaban J connectivity index is 3.21. The van der Waals surface area contributed by atoms with Gasteiger partial charge in [0.1, 0.15) is 0 Å². The van der Waals surface area contributed by atoms with Crippen LogP contribution in [0.5, 0.6) is 0 Å². The first-order valence-electron chi connectivity index (χ1n) is 6.03. The number of pyridine rings is 1. The predicted molar refractivity (Wildman–Crippen MR) is 73.0 cm³/mol. The van der Waals surface area contributed by atoms with E-state index in [-0.39, 0.29) is 29.5 Å². The van der Waals surface area contributed by atoms with Crippen molar-refractivity contribution in [2.24, 2.45) is 10.9 Å². The fourth-order valence-electron chi connectivity index (χ4n) is 1.70. The number of nitrogens with two attached hydrogens (primary N) is 1. The van der Waals surface area contributed by atoms with E-state index in [4.69, 9.17) is 16.0 Å². The quantitative estimate of drug-likeness (QED) is 0.215. The maximum absolute atomic E-state index is 11.1. The van der Waals surface area contributed by atoms with Gasteiger partial charge in [-0.05, 0) is 13.3 Å². The number of hydrogen-bond donors (Lipinski definition) is 3. The van der Waals surface area contributed by atoms with Crippen LogP contribution in [-0.4, -0.2) is 45.8 Å². The molecule has 0 amide bonds. The zero-order valence-electron chi connectivity index (χ0n) is 11.1. The minimum atomic E-state index is -0.571. The Labute approximate surface area is 115 Å². The summed E-state index contributed by atoms with van der Waals surface area (Å²) in [6.45, 7) is 2.78. The molecule has 0 saturated carbocycles. The molecule has 0 aromatic carbocycles. The molecule has 0 spiro atoms. The molecule has 9 nitrogen and oxygen atoms in total. The van der Waals surface area contributed by atoms with Crippen LogP contribution < -0.4 is 10.6 Å². The van der Waals surface area contributed by atoms with E-state index in [1.807, 2.05) is 6.92 Å². The largest absolute Gasteiger partial charge is 0.409 e. The van der Waals surface area contributed by atoms with Gasteiger partial charge in [0, 0.05) is 37.5 Å². The van der Waals surface area contributed by atoms with Crippen LogP contribution in [0.25, 0.3) is 0 Å². The highest BCUT2D eigenvalue weighted by Gasteiger charge is 2.21. The summed E-state index contributed by atoms with van der Waals surface area (Å²) in [5, 5.41) is 31.3. The summed E-state index contributed by atoms with van der Waals surface area (Å²) < 4.78 is 0. The highest BCUT2D eigenvalue weighted by atomic mass is 16.6. The Morgan fingerprint density at radius 1 is 1.65 bits per heavy atom. The van der Waals surface area contributed by atoms with E-state index in [0.717, 1.165) is 0 Å². The summed E-state index contributed by atoms with van der Waals surface area (Å²) in [5.41, 5.74) is 5.33. The molecule has 0 bridgehead atoms. The Hall–Kier alpha value is -2.42. The molecule has 1 aromatic rings. The molecule has 1 aromatic heterocycles. The SMILES string of the molecule is CCN(CCCO)c1ncc(C(N)=NO)cc1[N+](=O)[O-]. The lowest BCUT2D eigenvalue weighted by molar-refractivity contribution is -0.384. The number of nitro groups is 1. The highest BCUT2D eigenvalue weighted by Crippen LogP contribution is 2.26. The molecule has 0 atom stereocenters. The number of hydrogen-bond acceptors (Lipinski definition) is 7. The third kappa shape index (κ3) is 3.54. The molecule has 20 heavy (non-hydrogen) atoms. The minimum Gasteiger partial charge on any atom is -0.409 e. The minimum absolute atomic E-state index is 0.00744. The van der Waals surface area contributed by atoms with E-state index in [0.29, 0.717) is 19.5 Å². The Kier molecular flexibility index (Phi) is 5.66. The van der Waals surface area contributed by atoms with Crippen molar-refractivity contribution < 1.29 is 15.2 Å². The maximum atomic E-state index is 11.1. The molecule has 0 aliphatic rings. The zero-order chi connectivity index (χ0) is 15.1. The van der Waals surface area contributed by atoms with Crippen LogP contribution in [-0.2, 0) is 0 Å². The summed E-state index contributed by atoms with van der Waals surface area (Å²) in [7, 11) is 0. The molecule has 0 unspecified atom stereocenters. The van der Waals surface area contributed by atoms with Crippen molar-refractivity contribution in [2.75, 3.05) is 24.6 Å². The number of anilines is 1. The van der Waals surface area contributed by atoms with Gasteiger partial charge in [0.25, 0.3) is 0 Å². The second kappa shape index (κ2) is 7.24. The van der Waals surface area contributed by atoms with Crippen molar-refractivity contribution in [3.8, 4) is 0 Å². The molecule has 9 heteroatoms. The van der Waals surface area contributed by atoms with Gasteiger partial charge in [-0.1, -0.05) is 5.16 Å². The van der Waals surface area contributed by atoms with Gasteiger partial charge in [-0.3, -0.25) is 10.1 Å². The van der Waals surface area contributed by atoms with Gasteiger partial charge in [-0.2, -0.15) is 0 Å². The molecule has 0 radical (unpaired) electrons. The number of oxime groups is 1. The van der Waals surface area contributed by atoms with Crippen molar-refractivity contribution in [3.05, 3.63) is 27.9 Å². The van der Waals surface area contributed by atoms with Crippen LogP contribution in [0, 0.1) is 10.1 Å². The second-order valence-corrected chi connectivity index (χ2v) is 3.97. The smallest absolute Gasteiger partial charge is 0.312 e. The van der Waals surface area contributed by atoms with Crippen molar-refractivity contribution in [1.82, 2.24) is 4.98 Å². The van der Waals surface area contributed by atoms with Crippen LogP contribution in [0.4, 0.5) is 11.5 Å². The molecule has 1 heterocycles. The molecule has 0 fully saturated rings. The molecule has 0 saturated heterocycles. The average molecular weight is 283 g/mol. The van der Waals surface area contributed by atoms with Crippen molar-refractivity contribution in [3.63, 3.8) is 0 Å². The van der Waals surface area contributed by atoms with Crippen LogP contribution in [0.15, 0.2) is 17.4 Å². The summed E-state index contributed by atoms with van der Waals surface area (Å²) >= 11 is 0. The van der Waals surface area contributed by atoms with Crippen molar-refractivity contribution >= 4 is 17.3 Å². The first-order valence-corrected chi connectivity index (χ1v) is 6.03. The van der Waals surface area contributed by atoms with E-state index < -0.39 is 4.92 Å². The standard InChI is InChI=1S/C11H17N5O4/c1-2-15(4-3-5-17)11-9(16(19)20)6-8(7-13-11)10(12)14-18/h6-7,17-18H,2-5H2,1H3,(H2,12,14). The molecular weight excluding hydrogens is 266 g/mol. The summed E-state index contributed by atoms with van der Waals surface area (Å²) in [5.74, 6) is -0.0500. The first-order chi connectivity index (χ1) is 9.54. The van der Waals surface area contributed by atoms with E-state index in [1.54, 1.807) is 4.90 Å². The number of rotatable bonds is 7. The van der Waals surface area contributed by atoms with Crippen LogP contribution >= 0.6 is 0 Å².